The molecule has 1 aliphatic heterocycles. The number of pyridine rings is 2. The molecular weight excluding hydrogens is 500 g/mol. The third kappa shape index (κ3) is 4.29. The maximum atomic E-state index is 6.13. The summed E-state index contributed by atoms with van der Waals surface area (Å²) in [6, 6.07) is 6.25. The molecule has 0 aromatic carbocycles. The Kier molecular flexibility index (Phi) is 5.41. The smallest absolute Gasteiger partial charge is 0.210 e. The summed E-state index contributed by atoms with van der Waals surface area (Å²) in [5, 5.41) is 9.48. The molecule has 0 spiro atoms. The number of imidazole rings is 1. The molecule has 5 aromatic heterocycles. The van der Waals surface area contributed by atoms with E-state index in [9.17, 15) is 0 Å². The third-order valence-corrected chi connectivity index (χ3v) is 8.25. The van der Waals surface area contributed by atoms with Gasteiger partial charge in [0.2, 0.25) is 5.95 Å². The molecule has 5 aromatic rings. The fourth-order valence-corrected chi connectivity index (χ4v) is 5.92. The van der Waals surface area contributed by atoms with Crippen molar-refractivity contribution >= 4 is 44.6 Å². The van der Waals surface area contributed by atoms with E-state index in [4.69, 9.17) is 24.5 Å². The number of hydrogen-bond acceptors (Lipinski definition) is 9. The molecule has 0 bridgehead atoms. The Labute approximate surface area is 224 Å². The lowest BCUT2D eigenvalue weighted by Gasteiger charge is -2.22. The molecule has 1 aliphatic carbocycles. The van der Waals surface area contributed by atoms with Crippen LogP contribution in [0.2, 0.25) is 0 Å². The quantitative estimate of drug-likeness (QED) is 0.292. The molecule has 0 amide bonds. The Balaban J connectivity index is 1.15. The monoisotopic (exact) mass is 530 g/mol. The van der Waals surface area contributed by atoms with Crippen LogP contribution in [0.1, 0.15) is 62.7 Å². The molecule has 0 radical (unpaired) electrons. The molecule has 196 valence electrons. The Morgan fingerprint density at radius 3 is 2.63 bits per heavy atom. The summed E-state index contributed by atoms with van der Waals surface area (Å²) in [4.78, 5) is 19.5. The van der Waals surface area contributed by atoms with Crippen LogP contribution in [-0.2, 0) is 17.2 Å². The predicted octanol–water partition coefficient (Wildman–Crippen LogP) is 5.84. The van der Waals surface area contributed by atoms with Gasteiger partial charge in [-0.3, -0.25) is 4.68 Å². The van der Waals surface area contributed by atoms with Gasteiger partial charge in [-0.2, -0.15) is 10.1 Å². The summed E-state index contributed by atoms with van der Waals surface area (Å²) in [6.45, 7) is 8.07. The molecule has 6 heterocycles. The van der Waals surface area contributed by atoms with Gasteiger partial charge >= 0.3 is 0 Å². The molecule has 1 atom stereocenters. The summed E-state index contributed by atoms with van der Waals surface area (Å²) in [5.41, 5.74) is 3.48. The van der Waals surface area contributed by atoms with Crippen molar-refractivity contribution in [1.29, 1.82) is 0 Å². The number of hydrogen-bond donors (Lipinski definition) is 1. The molecule has 2 fully saturated rings. The highest BCUT2D eigenvalue weighted by Crippen LogP contribution is 2.43. The van der Waals surface area contributed by atoms with Crippen LogP contribution in [-0.4, -0.2) is 47.5 Å². The normalized spacial score (nSPS) is 18.1. The van der Waals surface area contributed by atoms with Gasteiger partial charge in [-0.15, -0.1) is 0 Å². The molecule has 38 heavy (non-hydrogen) atoms. The largest absolute Gasteiger partial charge is 0.454 e. The van der Waals surface area contributed by atoms with Crippen LogP contribution in [0.4, 0.5) is 11.8 Å². The zero-order chi connectivity index (χ0) is 26.0. The van der Waals surface area contributed by atoms with Crippen LogP contribution >= 0.6 is 11.3 Å². The summed E-state index contributed by atoms with van der Waals surface area (Å²) in [6.07, 6.45) is 6.86. The van der Waals surface area contributed by atoms with Crippen molar-refractivity contribution in [3.8, 4) is 11.5 Å². The first-order chi connectivity index (χ1) is 18.3. The van der Waals surface area contributed by atoms with E-state index in [-0.39, 0.29) is 11.5 Å². The zero-order valence-corrected chi connectivity index (χ0v) is 22.7. The van der Waals surface area contributed by atoms with Gasteiger partial charge in [-0.25, -0.2) is 15.0 Å². The van der Waals surface area contributed by atoms with Crippen LogP contribution in [0.3, 0.4) is 0 Å². The SMILES string of the molecule is Cn1c(Nc2cc(C(C)(C)C)n([C@H]3CCOC3)n2)nc2ncc(Oc3cnc4sc(C5CC5)nc4c3)cc21. The van der Waals surface area contributed by atoms with Gasteiger partial charge in [0.15, 0.2) is 11.5 Å². The molecule has 1 saturated heterocycles. The van der Waals surface area contributed by atoms with E-state index in [0.29, 0.717) is 35.6 Å². The minimum Gasteiger partial charge on any atom is -0.454 e. The minimum absolute atomic E-state index is 0.0501. The second-order valence-corrected chi connectivity index (χ2v) is 12.2. The average molecular weight is 531 g/mol. The lowest BCUT2D eigenvalue weighted by atomic mass is 9.91. The maximum Gasteiger partial charge on any atom is 0.210 e. The number of nitrogens with one attached hydrogen (secondary N) is 1. The summed E-state index contributed by atoms with van der Waals surface area (Å²) >= 11 is 1.68. The maximum absolute atomic E-state index is 6.13. The van der Waals surface area contributed by atoms with Crippen molar-refractivity contribution in [3.05, 3.63) is 41.3 Å². The highest BCUT2D eigenvalue weighted by Gasteiger charge is 2.29. The number of fused-ring (bicyclic) bond motifs is 2. The van der Waals surface area contributed by atoms with Crippen molar-refractivity contribution in [2.45, 2.75) is 57.4 Å². The van der Waals surface area contributed by atoms with E-state index in [2.05, 4.69) is 46.8 Å². The number of rotatable bonds is 6. The van der Waals surface area contributed by atoms with Crippen LogP contribution < -0.4 is 10.1 Å². The van der Waals surface area contributed by atoms with Crippen molar-refractivity contribution < 1.29 is 9.47 Å². The Bertz CT molecular complexity index is 1650. The highest BCUT2D eigenvalue weighted by molar-refractivity contribution is 7.18. The number of anilines is 2. The van der Waals surface area contributed by atoms with E-state index >= 15 is 0 Å². The highest BCUT2D eigenvalue weighted by atomic mass is 32.1. The first-order valence-corrected chi connectivity index (χ1v) is 13.8. The average Bonchev–Trinajstić information content (AvgIpc) is 3.24. The number of ether oxygens (including phenoxy) is 2. The Hall–Kier alpha value is -3.57. The van der Waals surface area contributed by atoms with Crippen LogP contribution in [0, 0.1) is 0 Å². The summed E-state index contributed by atoms with van der Waals surface area (Å²) in [7, 11) is 1.96. The minimum atomic E-state index is -0.0501. The van der Waals surface area contributed by atoms with Gasteiger partial charge in [0, 0.05) is 48.9 Å². The zero-order valence-electron chi connectivity index (χ0n) is 21.9. The predicted molar refractivity (Wildman–Crippen MR) is 147 cm³/mol. The lowest BCUT2D eigenvalue weighted by molar-refractivity contribution is 0.183. The number of aryl methyl sites for hydroxylation is 1. The fraction of sp³-hybridized carbons (Fsp3) is 0.444. The second-order valence-electron chi connectivity index (χ2n) is 11.2. The van der Waals surface area contributed by atoms with Crippen molar-refractivity contribution in [2.24, 2.45) is 7.05 Å². The van der Waals surface area contributed by atoms with E-state index in [0.717, 1.165) is 40.4 Å². The van der Waals surface area contributed by atoms with E-state index < -0.39 is 0 Å². The topological polar surface area (TPSA) is 105 Å². The molecule has 2 aliphatic rings. The molecule has 1 saturated carbocycles. The third-order valence-electron chi connectivity index (χ3n) is 7.11. The second kappa shape index (κ2) is 8.74. The van der Waals surface area contributed by atoms with Crippen LogP contribution in [0.5, 0.6) is 11.5 Å². The molecule has 1 N–H and O–H groups in total. The van der Waals surface area contributed by atoms with Crippen molar-refractivity contribution in [1.82, 2.24) is 34.3 Å². The lowest BCUT2D eigenvalue weighted by Crippen LogP contribution is -2.22. The van der Waals surface area contributed by atoms with Gasteiger partial charge in [0.1, 0.15) is 21.8 Å². The van der Waals surface area contributed by atoms with Gasteiger partial charge in [-0.05, 0) is 19.3 Å². The number of aromatic nitrogens is 7. The van der Waals surface area contributed by atoms with Gasteiger partial charge in [0.05, 0.1) is 35.6 Å². The molecule has 0 unspecified atom stereocenters. The van der Waals surface area contributed by atoms with Gasteiger partial charge in [-0.1, -0.05) is 32.1 Å². The van der Waals surface area contributed by atoms with Gasteiger partial charge < -0.3 is 19.4 Å². The summed E-state index contributed by atoms with van der Waals surface area (Å²) < 4.78 is 15.8. The molecule has 7 rings (SSSR count). The van der Waals surface area contributed by atoms with Crippen molar-refractivity contribution in [3.63, 3.8) is 0 Å². The van der Waals surface area contributed by atoms with E-state index in [1.54, 1.807) is 23.7 Å². The van der Waals surface area contributed by atoms with Crippen LogP contribution in [0.25, 0.3) is 21.5 Å². The van der Waals surface area contributed by atoms with E-state index in [1.807, 2.05) is 23.7 Å². The number of nitrogens with zero attached hydrogens (tertiary/aromatic N) is 7. The van der Waals surface area contributed by atoms with Crippen molar-refractivity contribution in [2.75, 3.05) is 18.5 Å². The molecule has 10 nitrogen and oxygen atoms in total. The molecule has 11 heteroatoms. The molecular formula is C27H30N8O2S. The van der Waals surface area contributed by atoms with Gasteiger partial charge in [0.25, 0.3) is 0 Å². The Morgan fingerprint density at radius 2 is 1.87 bits per heavy atom. The van der Waals surface area contributed by atoms with Crippen LogP contribution in [0.15, 0.2) is 30.6 Å². The standard InChI is InChI=1S/C27H30N8O2S/c1-27(2,3)21-11-22(33-35(21)16-7-8-36-14-16)31-26-32-23-20(34(26)4)10-18(12-28-23)37-17-9-19-25(29-13-17)38-24(30-19)15-5-6-15/h9-13,15-16H,5-8,14H2,1-4H3,(H,28,31,32,33)/t16-/m0/s1. The fourth-order valence-electron chi connectivity index (χ4n) is 4.86. The number of thiazole rings is 1. The first kappa shape index (κ1) is 23.5. The first-order valence-electron chi connectivity index (χ1n) is 13.0. The summed E-state index contributed by atoms with van der Waals surface area (Å²) in [5.74, 6) is 3.29. The Morgan fingerprint density at radius 1 is 1.05 bits per heavy atom. The van der Waals surface area contributed by atoms with E-state index in [1.165, 1.54) is 17.8 Å².